The molecule has 0 radical (unpaired) electrons. The number of carbonyl (C=O) groups is 2. The highest BCUT2D eigenvalue weighted by molar-refractivity contribution is 7.08. The molecule has 1 fully saturated rings. The van der Waals surface area contributed by atoms with Gasteiger partial charge >= 0.3 is 0 Å². The second-order valence-corrected chi connectivity index (χ2v) is 5.17. The Morgan fingerprint density at radius 3 is 2.67 bits per heavy atom. The summed E-state index contributed by atoms with van der Waals surface area (Å²) in [5.74, 6) is -0.324. The zero-order valence-electron chi connectivity index (χ0n) is 10.0. The number of hydrogen-bond donors (Lipinski definition) is 1. The number of primary amides is 1. The first kappa shape index (κ1) is 12.8. The molecule has 2 N–H and O–H groups in total. The molecule has 1 aliphatic rings. The van der Waals surface area contributed by atoms with E-state index in [9.17, 15) is 9.59 Å². The van der Waals surface area contributed by atoms with Crippen molar-refractivity contribution < 1.29 is 9.59 Å². The van der Waals surface area contributed by atoms with Gasteiger partial charge in [-0.05, 0) is 41.3 Å². The molecule has 0 aliphatic carbocycles. The van der Waals surface area contributed by atoms with Gasteiger partial charge in [-0.25, -0.2) is 0 Å². The highest BCUT2D eigenvalue weighted by Gasteiger charge is 2.24. The van der Waals surface area contributed by atoms with Crippen molar-refractivity contribution in [1.29, 1.82) is 0 Å². The lowest BCUT2D eigenvalue weighted by Gasteiger charge is -2.29. The Morgan fingerprint density at radius 2 is 2.11 bits per heavy atom. The number of hydrogen-bond acceptors (Lipinski definition) is 3. The third kappa shape index (κ3) is 3.20. The van der Waals surface area contributed by atoms with Gasteiger partial charge in [-0.15, -0.1) is 0 Å². The molecule has 96 valence electrons. The average Bonchev–Trinajstić information content (AvgIpc) is 2.89. The van der Waals surface area contributed by atoms with Gasteiger partial charge in [-0.3, -0.25) is 9.59 Å². The van der Waals surface area contributed by atoms with Gasteiger partial charge < -0.3 is 10.6 Å². The average molecular weight is 264 g/mol. The van der Waals surface area contributed by atoms with Gasteiger partial charge in [0.25, 0.3) is 0 Å². The van der Waals surface area contributed by atoms with Crippen LogP contribution in [0.2, 0.25) is 0 Å². The van der Waals surface area contributed by atoms with E-state index in [-0.39, 0.29) is 17.7 Å². The van der Waals surface area contributed by atoms with Gasteiger partial charge in [0, 0.05) is 25.1 Å². The molecule has 4 nitrogen and oxygen atoms in total. The molecule has 2 heterocycles. The van der Waals surface area contributed by atoms with E-state index in [1.54, 1.807) is 22.3 Å². The Morgan fingerprint density at radius 1 is 1.39 bits per heavy atom. The molecule has 0 unspecified atom stereocenters. The van der Waals surface area contributed by atoms with E-state index in [1.165, 1.54) is 0 Å². The van der Waals surface area contributed by atoms with Crippen LogP contribution in [0.25, 0.3) is 6.08 Å². The lowest BCUT2D eigenvalue weighted by atomic mass is 9.96. The maximum atomic E-state index is 11.9. The topological polar surface area (TPSA) is 63.4 Å². The second kappa shape index (κ2) is 5.82. The standard InChI is InChI=1S/C13H16N2O2S/c14-13(17)11-3-6-15(7-4-11)12(16)2-1-10-5-8-18-9-10/h1-2,5,8-9,11H,3-4,6-7H2,(H2,14,17)/b2-1+. The predicted octanol–water partition coefficient (Wildman–Crippen LogP) is 1.49. The normalized spacial score (nSPS) is 17.2. The number of nitrogens with zero attached hydrogens (tertiary/aromatic N) is 1. The molecule has 0 spiro atoms. The number of likely N-dealkylation sites (tertiary alicyclic amines) is 1. The Hall–Kier alpha value is -1.62. The third-order valence-corrected chi connectivity index (χ3v) is 3.87. The Balaban J connectivity index is 1.86. The summed E-state index contributed by atoms with van der Waals surface area (Å²) in [6, 6.07) is 1.97. The van der Waals surface area contributed by atoms with Crippen LogP contribution in [0, 0.1) is 5.92 Å². The number of amides is 2. The quantitative estimate of drug-likeness (QED) is 0.841. The van der Waals surface area contributed by atoms with Gasteiger partial charge in [0.1, 0.15) is 0 Å². The van der Waals surface area contributed by atoms with Crippen molar-refractivity contribution in [1.82, 2.24) is 4.90 Å². The zero-order chi connectivity index (χ0) is 13.0. The van der Waals surface area contributed by atoms with Crippen molar-refractivity contribution in [2.45, 2.75) is 12.8 Å². The second-order valence-electron chi connectivity index (χ2n) is 4.39. The SMILES string of the molecule is NC(=O)C1CCN(C(=O)/C=C/c2ccsc2)CC1. The molecule has 1 saturated heterocycles. The van der Waals surface area contributed by atoms with Crippen molar-refractivity contribution in [2.75, 3.05) is 13.1 Å². The smallest absolute Gasteiger partial charge is 0.246 e. The first-order valence-electron chi connectivity index (χ1n) is 5.95. The molecule has 0 atom stereocenters. The fraction of sp³-hybridized carbons (Fsp3) is 0.385. The summed E-state index contributed by atoms with van der Waals surface area (Å²) in [6.07, 6.45) is 4.76. The van der Waals surface area contributed by atoms with Crippen LogP contribution in [0.15, 0.2) is 22.9 Å². The van der Waals surface area contributed by atoms with Gasteiger partial charge in [-0.2, -0.15) is 11.3 Å². The summed E-state index contributed by atoms with van der Waals surface area (Å²) in [5.41, 5.74) is 6.30. The minimum absolute atomic E-state index is 0.00382. The molecule has 0 saturated carbocycles. The molecule has 1 aromatic rings. The van der Waals surface area contributed by atoms with E-state index < -0.39 is 0 Å². The van der Waals surface area contributed by atoms with Crippen molar-refractivity contribution in [2.24, 2.45) is 11.7 Å². The first-order valence-corrected chi connectivity index (χ1v) is 6.89. The van der Waals surface area contributed by atoms with E-state index in [0.717, 1.165) is 5.56 Å². The van der Waals surface area contributed by atoms with Gasteiger partial charge in [0.15, 0.2) is 0 Å². The molecule has 0 aromatic carbocycles. The number of carbonyl (C=O) groups excluding carboxylic acids is 2. The summed E-state index contributed by atoms with van der Waals surface area (Å²) in [6.45, 7) is 1.22. The van der Waals surface area contributed by atoms with Crippen molar-refractivity contribution >= 4 is 29.2 Å². The lowest BCUT2D eigenvalue weighted by molar-refractivity contribution is -0.130. The van der Waals surface area contributed by atoms with Crippen LogP contribution >= 0.6 is 11.3 Å². The molecule has 5 heteroatoms. The van der Waals surface area contributed by atoms with Crippen LogP contribution in [-0.2, 0) is 9.59 Å². The van der Waals surface area contributed by atoms with E-state index >= 15 is 0 Å². The summed E-state index contributed by atoms with van der Waals surface area (Å²) in [4.78, 5) is 24.7. The van der Waals surface area contributed by atoms with Crippen molar-refractivity contribution in [3.8, 4) is 0 Å². The molecule has 0 bridgehead atoms. The Bertz CT molecular complexity index is 446. The van der Waals surface area contributed by atoms with E-state index in [1.807, 2.05) is 22.9 Å². The highest BCUT2D eigenvalue weighted by Crippen LogP contribution is 2.17. The molecule has 1 aromatic heterocycles. The summed E-state index contributed by atoms with van der Waals surface area (Å²) < 4.78 is 0. The van der Waals surface area contributed by atoms with Crippen LogP contribution in [-0.4, -0.2) is 29.8 Å². The minimum atomic E-state index is -0.254. The van der Waals surface area contributed by atoms with Crippen LogP contribution < -0.4 is 5.73 Å². The van der Waals surface area contributed by atoms with Gasteiger partial charge in [0.2, 0.25) is 11.8 Å². The summed E-state index contributed by atoms with van der Waals surface area (Å²) >= 11 is 1.60. The number of rotatable bonds is 3. The number of nitrogens with two attached hydrogens (primary N) is 1. The largest absolute Gasteiger partial charge is 0.369 e. The van der Waals surface area contributed by atoms with Crippen LogP contribution in [0.1, 0.15) is 18.4 Å². The number of thiophene rings is 1. The fourth-order valence-electron chi connectivity index (χ4n) is 2.03. The van der Waals surface area contributed by atoms with Crippen LogP contribution in [0.5, 0.6) is 0 Å². The number of piperidine rings is 1. The third-order valence-electron chi connectivity index (χ3n) is 3.17. The molecule has 2 amide bonds. The maximum Gasteiger partial charge on any atom is 0.246 e. The van der Waals surface area contributed by atoms with Gasteiger partial charge in [0.05, 0.1) is 0 Å². The van der Waals surface area contributed by atoms with E-state index in [2.05, 4.69) is 0 Å². The van der Waals surface area contributed by atoms with Gasteiger partial charge in [-0.1, -0.05) is 0 Å². The first-order chi connectivity index (χ1) is 8.66. The van der Waals surface area contributed by atoms with E-state index in [0.29, 0.717) is 25.9 Å². The van der Waals surface area contributed by atoms with E-state index in [4.69, 9.17) is 5.73 Å². The lowest BCUT2D eigenvalue weighted by Crippen LogP contribution is -2.41. The maximum absolute atomic E-state index is 11.9. The van der Waals surface area contributed by atoms with Crippen molar-refractivity contribution in [3.63, 3.8) is 0 Å². The predicted molar refractivity (Wildman–Crippen MR) is 71.9 cm³/mol. The highest BCUT2D eigenvalue weighted by atomic mass is 32.1. The molecular weight excluding hydrogens is 248 g/mol. The molecule has 18 heavy (non-hydrogen) atoms. The fourth-order valence-corrected chi connectivity index (χ4v) is 2.66. The molecule has 2 rings (SSSR count). The summed E-state index contributed by atoms with van der Waals surface area (Å²) in [5, 5.41) is 3.96. The minimum Gasteiger partial charge on any atom is -0.369 e. The molecular formula is C13H16N2O2S. The Labute approximate surface area is 110 Å². The summed E-state index contributed by atoms with van der Waals surface area (Å²) in [7, 11) is 0. The monoisotopic (exact) mass is 264 g/mol. The molecule has 1 aliphatic heterocycles. The zero-order valence-corrected chi connectivity index (χ0v) is 10.9. The van der Waals surface area contributed by atoms with Crippen molar-refractivity contribution in [3.05, 3.63) is 28.5 Å². The van der Waals surface area contributed by atoms with Crippen LogP contribution in [0.4, 0.5) is 0 Å². The van der Waals surface area contributed by atoms with Crippen LogP contribution in [0.3, 0.4) is 0 Å². The Kier molecular flexibility index (Phi) is 4.15.